The summed E-state index contributed by atoms with van der Waals surface area (Å²) in [5, 5.41) is 22.6. The number of methoxy groups -OCH3 is 1. The van der Waals surface area contributed by atoms with Gasteiger partial charge in [-0.2, -0.15) is 0 Å². The molecule has 3 aromatic rings. The second kappa shape index (κ2) is 10.4. The number of nitrogens with zero attached hydrogens (tertiary/aromatic N) is 4. The summed E-state index contributed by atoms with van der Waals surface area (Å²) in [6.07, 6.45) is 1.23. The molecule has 1 aromatic heterocycles. The number of sulfonamides is 1. The number of rotatable bonds is 10. The number of aromatic nitrogens is 2. The number of amides is 1. The molecule has 0 fully saturated rings. The van der Waals surface area contributed by atoms with Crippen LogP contribution in [0.4, 0.5) is 16.5 Å². The molecule has 174 valence electrons. The van der Waals surface area contributed by atoms with Crippen LogP contribution in [0.2, 0.25) is 0 Å². The monoisotopic (exact) mass is 491 g/mol. The van der Waals surface area contributed by atoms with Crippen molar-refractivity contribution in [3.05, 3.63) is 58.6 Å². The number of non-ortho nitro benzene ring substituents is 1. The molecule has 0 unspecified atom stereocenters. The molecule has 0 spiro atoms. The van der Waals surface area contributed by atoms with Gasteiger partial charge in [0.05, 0.1) is 24.0 Å². The second-order valence-corrected chi connectivity index (χ2v) is 9.79. The van der Waals surface area contributed by atoms with Crippen LogP contribution in [0.1, 0.15) is 12.8 Å². The minimum Gasteiger partial charge on any atom is -0.497 e. The van der Waals surface area contributed by atoms with Crippen molar-refractivity contribution in [3.8, 4) is 16.3 Å². The summed E-state index contributed by atoms with van der Waals surface area (Å²) < 4.78 is 30.5. The van der Waals surface area contributed by atoms with Crippen molar-refractivity contribution in [2.45, 2.75) is 12.8 Å². The van der Waals surface area contributed by atoms with Gasteiger partial charge in [0, 0.05) is 30.7 Å². The van der Waals surface area contributed by atoms with Crippen LogP contribution in [0.5, 0.6) is 5.75 Å². The van der Waals surface area contributed by atoms with Crippen molar-refractivity contribution in [3.63, 3.8) is 0 Å². The van der Waals surface area contributed by atoms with E-state index in [0.717, 1.165) is 16.1 Å². The fourth-order valence-electron chi connectivity index (χ4n) is 2.94. The number of ether oxygens (including phenoxy) is 1. The lowest BCUT2D eigenvalue weighted by atomic mass is 10.2. The maximum absolute atomic E-state index is 12.3. The predicted molar refractivity (Wildman–Crippen MR) is 125 cm³/mol. The summed E-state index contributed by atoms with van der Waals surface area (Å²) in [7, 11) is -2.12. The van der Waals surface area contributed by atoms with Crippen molar-refractivity contribution >= 4 is 43.8 Å². The number of carbonyl (C=O) groups is 1. The van der Waals surface area contributed by atoms with Gasteiger partial charge in [-0.3, -0.25) is 19.2 Å². The first kappa shape index (κ1) is 24.1. The van der Waals surface area contributed by atoms with E-state index < -0.39 is 14.9 Å². The summed E-state index contributed by atoms with van der Waals surface area (Å²) in [5.74, 6) is 0.366. The molecule has 33 heavy (non-hydrogen) atoms. The molecule has 0 aliphatic carbocycles. The number of anilines is 2. The van der Waals surface area contributed by atoms with Gasteiger partial charge in [0.15, 0.2) is 0 Å². The van der Waals surface area contributed by atoms with Crippen molar-refractivity contribution in [2.24, 2.45) is 0 Å². The van der Waals surface area contributed by atoms with Crippen LogP contribution in [0, 0.1) is 10.1 Å². The van der Waals surface area contributed by atoms with Crippen LogP contribution >= 0.6 is 11.3 Å². The van der Waals surface area contributed by atoms with Gasteiger partial charge in [0.25, 0.3) is 5.69 Å². The molecular weight excluding hydrogens is 470 g/mol. The number of hydrogen-bond acceptors (Lipinski definition) is 9. The molecule has 11 nitrogen and oxygen atoms in total. The lowest BCUT2D eigenvalue weighted by Crippen LogP contribution is -2.31. The topological polar surface area (TPSA) is 145 Å². The Balaban J connectivity index is 1.59. The first-order valence-electron chi connectivity index (χ1n) is 9.67. The van der Waals surface area contributed by atoms with Crippen LogP contribution in [0.15, 0.2) is 48.5 Å². The fraction of sp³-hybridized carbons (Fsp3) is 0.250. The van der Waals surface area contributed by atoms with E-state index in [1.54, 1.807) is 19.2 Å². The smallest absolute Gasteiger partial charge is 0.271 e. The number of carbonyl (C=O) groups excluding carboxylic acids is 1. The third-order valence-corrected chi connectivity index (χ3v) is 6.58. The highest BCUT2D eigenvalue weighted by Crippen LogP contribution is 2.28. The normalized spacial score (nSPS) is 11.1. The highest BCUT2D eigenvalue weighted by atomic mass is 32.2. The molecule has 0 aliphatic heterocycles. The zero-order valence-corrected chi connectivity index (χ0v) is 19.4. The lowest BCUT2D eigenvalue weighted by Gasteiger charge is -2.22. The Morgan fingerprint density at radius 3 is 2.58 bits per heavy atom. The van der Waals surface area contributed by atoms with Crippen LogP contribution in [-0.4, -0.2) is 49.4 Å². The van der Waals surface area contributed by atoms with E-state index in [1.165, 1.54) is 35.6 Å². The minimum atomic E-state index is -3.70. The third-order valence-electron chi connectivity index (χ3n) is 4.50. The quantitative estimate of drug-likeness (QED) is 0.336. The molecule has 1 heterocycles. The zero-order chi connectivity index (χ0) is 24.0. The summed E-state index contributed by atoms with van der Waals surface area (Å²) in [6.45, 7) is -0.0133. The van der Waals surface area contributed by atoms with E-state index in [9.17, 15) is 23.3 Å². The van der Waals surface area contributed by atoms with E-state index in [-0.39, 0.29) is 36.7 Å². The van der Waals surface area contributed by atoms with E-state index in [1.807, 2.05) is 12.1 Å². The van der Waals surface area contributed by atoms with Crippen LogP contribution in [0.3, 0.4) is 0 Å². The van der Waals surface area contributed by atoms with Crippen molar-refractivity contribution in [1.29, 1.82) is 0 Å². The van der Waals surface area contributed by atoms with E-state index >= 15 is 0 Å². The van der Waals surface area contributed by atoms with Gasteiger partial charge < -0.3 is 10.1 Å². The Morgan fingerprint density at radius 2 is 1.94 bits per heavy atom. The average molecular weight is 492 g/mol. The Hall–Kier alpha value is -3.58. The van der Waals surface area contributed by atoms with Crippen LogP contribution in [-0.2, 0) is 14.8 Å². The second-order valence-electron chi connectivity index (χ2n) is 6.90. The SMILES string of the molecule is COc1ccc(-c2nnc(NC(=O)CCCN(c3cccc([N+](=O)[O-])c3)S(C)(=O)=O)s2)cc1. The lowest BCUT2D eigenvalue weighted by molar-refractivity contribution is -0.384. The van der Waals surface area contributed by atoms with Gasteiger partial charge in [0.2, 0.25) is 21.1 Å². The fourth-order valence-corrected chi connectivity index (χ4v) is 4.66. The van der Waals surface area contributed by atoms with Gasteiger partial charge in [-0.25, -0.2) is 8.42 Å². The summed E-state index contributed by atoms with van der Waals surface area (Å²) >= 11 is 1.21. The maximum Gasteiger partial charge on any atom is 0.271 e. The number of nitrogens with one attached hydrogen (secondary N) is 1. The van der Waals surface area contributed by atoms with E-state index in [4.69, 9.17) is 4.74 Å². The minimum absolute atomic E-state index is 0.0133. The van der Waals surface area contributed by atoms with Crippen molar-refractivity contribution in [2.75, 3.05) is 29.5 Å². The Kier molecular flexibility index (Phi) is 7.55. The van der Waals surface area contributed by atoms with Crippen LogP contribution < -0.4 is 14.4 Å². The molecule has 0 bridgehead atoms. The molecular formula is C20H21N5O6S2. The van der Waals surface area contributed by atoms with Gasteiger partial charge in [0.1, 0.15) is 10.8 Å². The largest absolute Gasteiger partial charge is 0.497 e. The van der Waals surface area contributed by atoms with E-state index in [0.29, 0.717) is 15.9 Å². The number of nitro groups is 1. The highest BCUT2D eigenvalue weighted by Gasteiger charge is 2.20. The molecule has 0 atom stereocenters. The number of nitro benzene ring substituents is 1. The summed E-state index contributed by atoms with van der Waals surface area (Å²) in [4.78, 5) is 22.7. The first-order valence-corrected chi connectivity index (χ1v) is 12.3. The maximum atomic E-state index is 12.3. The summed E-state index contributed by atoms with van der Waals surface area (Å²) in [5.41, 5.74) is 0.776. The van der Waals surface area contributed by atoms with Crippen molar-refractivity contribution < 1.29 is 22.9 Å². The third kappa shape index (κ3) is 6.46. The van der Waals surface area contributed by atoms with Gasteiger partial charge in [-0.05, 0) is 36.8 Å². The van der Waals surface area contributed by atoms with Gasteiger partial charge >= 0.3 is 0 Å². The molecule has 0 aliphatic rings. The molecule has 1 amide bonds. The Bertz CT molecular complexity index is 1240. The van der Waals surface area contributed by atoms with Gasteiger partial charge in [-0.1, -0.05) is 17.4 Å². The van der Waals surface area contributed by atoms with Crippen LogP contribution in [0.25, 0.3) is 10.6 Å². The molecule has 3 rings (SSSR count). The van der Waals surface area contributed by atoms with Gasteiger partial charge in [-0.15, -0.1) is 10.2 Å². The Labute approximate surface area is 194 Å². The molecule has 2 aromatic carbocycles. The standard InChI is InChI=1S/C20H21N5O6S2/c1-31-17-10-8-14(9-11-17)19-22-23-20(32-19)21-18(26)7-4-12-24(33(2,29)30)15-5-3-6-16(13-15)25(27)28/h3,5-6,8-11,13H,4,7,12H2,1-2H3,(H,21,23,26). The molecule has 1 N–H and O–H groups in total. The first-order chi connectivity index (χ1) is 15.7. The summed E-state index contributed by atoms with van der Waals surface area (Å²) in [6, 6.07) is 12.6. The highest BCUT2D eigenvalue weighted by molar-refractivity contribution is 7.92. The number of hydrogen-bond donors (Lipinski definition) is 1. The molecule has 0 saturated carbocycles. The Morgan fingerprint density at radius 1 is 1.21 bits per heavy atom. The molecule has 0 saturated heterocycles. The average Bonchev–Trinajstić information content (AvgIpc) is 3.24. The van der Waals surface area contributed by atoms with Crippen molar-refractivity contribution in [1.82, 2.24) is 10.2 Å². The van der Waals surface area contributed by atoms with E-state index in [2.05, 4.69) is 15.5 Å². The number of benzene rings is 2. The molecule has 13 heteroatoms. The zero-order valence-electron chi connectivity index (χ0n) is 17.8. The molecule has 0 radical (unpaired) electrons. The predicted octanol–water partition coefficient (Wildman–Crippen LogP) is 3.31.